The van der Waals surface area contributed by atoms with E-state index in [-0.39, 0.29) is 5.82 Å². The van der Waals surface area contributed by atoms with E-state index in [0.717, 1.165) is 22.1 Å². The molecular formula is C16H13ClFN3. The zero-order chi connectivity index (χ0) is 14.8. The smallest absolute Gasteiger partial charge is 0.123 e. The van der Waals surface area contributed by atoms with Gasteiger partial charge in [-0.2, -0.15) is 5.10 Å². The molecule has 0 amide bonds. The van der Waals surface area contributed by atoms with Crippen molar-refractivity contribution in [1.82, 2.24) is 10.2 Å². The molecule has 1 heterocycles. The number of rotatable bonds is 3. The van der Waals surface area contributed by atoms with Crippen molar-refractivity contribution in [3.63, 3.8) is 0 Å². The Hall–Kier alpha value is -2.04. The van der Waals surface area contributed by atoms with Gasteiger partial charge < -0.3 is 5.73 Å². The first kappa shape index (κ1) is 13.9. The largest absolute Gasteiger partial charge is 0.330 e. The highest BCUT2D eigenvalue weighted by atomic mass is 35.5. The summed E-state index contributed by atoms with van der Waals surface area (Å²) in [6.07, 6.45) is 2.23. The SMILES string of the molecule is NCCc1cc(Cl)c2ccnnc2c1-c1cccc(F)c1. The normalized spacial score (nSPS) is 11.0. The second-order valence-corrected chi connectivity index (χ2v) is 5.14. The van der Waals surface area contributed by atoms with Gasteiger partial charge in [-0.1, -0.05) is 23.7 Å². The molecule has 0 bridgehead atoms. The molecule has 2 N–H and O–H groups in total. The van der Waals surface area contributed by atoms with Crippen LogP contribution in [0.25, 0.3) is 22.0 Å². The van der Waals surface area contributed by atoms with E-state index in [1.807, 2.05) is 12.1 Å². The fourth-order valence-electron chi connectivity index (χ4n) is 2.48. The summed E-state index contributed by atoms with van der Waals surface area (Å²) in [4.78, 5) is 0. The predicted molar refractivity (Wildman–Crippen MR) is 82.7 cm³/mol. The van der Waals surface area contributed by atoms with Crippen LogP contribution >= 0.6 is 11.6 Å². The quantitative estimate of drug-likeness (QED) is 0.804. The third-order valence-electron chi connectivity index (χ3n) is 3.36. The van der Waals surface area contributed by atoms with Crippen molar-refractivity contribution in [3.8, 4) is 11.1 Å². The molecule has 0 aliphatic carbocycles. The van der Waals surface area contributed by atoms with Gasteiger partial charge in [0.05, 0.1) is 11.2 Å². The third-order valence-corrected chi connectivity index (χ3v) is 3.68. The molecule has 106 valence electrons. The zero-order valence-electron chi connectivity index (χ0n) is 11.2. The molecule has 0 spiro atoms. The molecule has 0 aliphatic rings. The van der Waals surface area contributed by atoms with Crippen LogP contribution in [0.1, 0.15) is 5.56 Å². The van der Waals surface area contributed by atoms with Gasteiger partial charge in [-0.25, -0.2) is 4.39 Å². The average Bonchev–Trinajstić information content (AvgIpc) is 2.48. The number of hydrogen-bond acceptors (Lipinski definition) is 3. The van der Waals surface area contributed by atoms with Crippen molar-refractivity contribution < 1.29 is 4.39 Å². The summed E-state index contributed by atoms with van der Waals surface area (Å²) in [5, 5.41) is 9.52. The summed E-state index contributed by atoms with van der Waals surface area (Å²) < 4.78 is 13.6. The fourth-order valence-corrected chi connectivity index (χ4v) is 2.77. The molecule has 0 unspecified atom stereocenters. The van der Waals surface area contributed by atoms with Gasteiger partial charge in [-0.15, -0.1) is 5.10 Å². The number of halogens is 2. The van der Waals surface area contributed by atoms with Crippen LogP contribution in [0.3, 0.4) is 0 Å². The molecule has 0 saturated carbocycles. The highest BCUT2D eigenvalue weighted by Crippen LogP contribution is 2.35. The number of nitrogens with two attached hydrogens (primary N) is 1. The number of benzene rings is 2. The number of fused-ring (bicyclic) bond motifs is 1. The fraction of sp³-hybridized carbons (Fsp3) is 0.125. The molecule has 0 aliphatic heterocycles. The zero-order valence-corrected chi connectivity index (χ0v) is 11.9. The van der Waals surface area contributed by atoms with Gasteiger partial charge >= 0.3 is 0 Å². The Morgan fingerprint density at radius 2 is 2.05 bits per heavy atom. The molecule has 3 rings (SSSR count). The Morgan fingerprint density at radius 1 is 1.19 bits per heavy atom. The van der Waals surface area contributed by atoms with E-state index < -0.39 is 0 Å². The van der Waals surface area contributed by atoms with Gasteiger partial charge in [0.1, 0.15) is 11.3 Å². The molecule has 21 heavy (non-hydrogen) atoms. The summed E-state index contributed by atoms with van der Waals surface area (Å²) in [6.45, 7) is 0.477. The van der Waals surface area contributed by atoms with Crippen LogP contribution in [-0.4, -0.2) is 16.7 Å². The highest BCUT2D eigenvalue weighted by Gasteiger charge is 2.14. The summed E-state index contributed by atoms with van der Waals surface area (Å²) in [7, 11) is 0. The van der Waals surface area contributed by atoms with Crippen LogP contribution in [0.4, 0.5) is 4.39 Å². The average molecular weight is 302 g/mol. The van der Waals surface area contributed by atoms with E-state index in [1.165, 1.54) is 12.1 Å². The minimum Gasteiger partial charge on any atom is -0.330 e. The van der Waals surface area contributed by atoms with Crippen LogP contribution in [0.2, 0.25) is 5.02 Å². The summed E-state index contributed by atoms with van der Waals surface area (Å²) in [5.41, 5.74) is 8.88. The van der Waals surface area contributed by atoms with Crippen LogP contribution in [0.5, 0.6) is 0 Å². The van der Waals surface area contributed by atoms with Gasteiger partial charge in [-0.05, 0) is 48.4 Å². The molecule has 1 aromatic heterocycles. The van der Waals surface area contributed by atoms with Crippen LogP contribution < -0.4 is 5.73 Å². The lowest BCUT2D eigenvalue weighted by Crippen LogP contribution is -2.05. The lowest BCUT2D eigenvalue weighted by Gasteiger charge is -2.13. The van der Waals surface area contributed by atoms with Crippen molar-refractivity contribution in [2.75, 3.05) is 6.54 Å². The molecule has 3 nitrogen and oxygen atoms in total. The molecule has 3 aromatic rings. The van der Waals surface area contributed by atoms with Gasteiger partial charge in [0.15, 0.2) is 0 Å². The number of nitrogens with zero attached hydrogens (tertiary/aromatic N) is 2. The van der Waals surface area contributed by atoms with Crippen molar-refractivity contribution >= 4 is 22.5 Å². The van der Waals surface area contributed by atoms with Crippen LogP contribution in [-0.2, 0) is 6.42 Å². The second-order valence-electron chi connectivity index (χ2n) is 4.74. The van der Waals surface area contributed by atoms with Gasteiger partial charge in [-0.3, -0.25) is 0 Å². The minimum absolute atomic E-state index is 0.293. The molecule has 0 saturated heterocycles. The first-order valence-electron chi connectivity index (χ1n) is 6.59. The van der Waals surface area contributed by atoms with E-state index in [1.54, 1.807) is 18.3 Å². The van der Waals surface area contributed by atoms with Crippen LogP contribution in [0, 0.1) is 5.82 Å². The molecular weight excluding hydrogens is 289 g/mol. The first-order valence-corrected chi connectivity index (χ1v) is 6.97. The van der Waals surface area contributed by atoms with Gasteiger partial charge in [0, 0.05) is 10.9 Å². The van der Waals surface area contributed by atoms with Crippen LogP contribution in [0.15, 0.2) is 42.6 Å². The maximum absolute atomic E-state index is 13.6. The Bertz CT molecular complexity index is 805. The Labute approximate surface area is 126 Å². The maximum Gasteiger partial charge on any atom is 0.123 e. The van der Waals surface area contributed by atoms with Crippen molar-refractivity contribution in [3.05, 3.63) is 59.0 Å². The minimum atomic E-state index is -0.293. The standard InChI is InChI=1S/C16H13ClFN3/c17-14-9-11(4-6-19)15(10-2-1-3-12(18)8-10)16-13(14)5-7-20-21-16/h1-3,5,7-9H,4,6,19H2. The lowest BCUT2D eigenvalue weighted by atomic mass is 9.94. The van der Waals surface area contributed by atoms with E-state index in [9.17, 15) is 4.39 Å². The van der Waals surface area contributed by atoms with E-state index in [2.05, 4.69) is 10.2 Å². The topological polar surface area (TPSA) is 51.8 Å². The monoisotopic (exact) mass is 301 g/mol. The summed E-state index contributed by atoms with van der Waals surface area (Å²) >= 11 is 6.31. The Kier molecular flexibility index (Phi) is 3.82. The van der Waals surface area contributed by atoms with Gasteiger partial charge in [0.2, 0.25) is 0 Å². The highest BCUT2D eigenvalue weighted by molar-refractivity contribution is 6.36. The Balaban J connectivity index is 2.37. The molecule has 2 aromatic carbocycles. The summed E-state index contributed by atoms with van der Waals surface area (Å²) in [6, 6.07) is 10.1. The van der Waals surface area contributed by atoms with Crippen molar-refractivity contribution in [2.24, 2.45) is 5.73 Å². The molecule has 0 atom stereocenters. The number of hydrogen-bond donors (Lipinski definition) is 1. The molecule has 0 radical (unpaired) electrons. The summed E-state index contributed by atoms with van der Waals surface area (Å²) in [5.74, 6) is -0.293. The molecule has 5 heteroatoms. The Morgan fingerprint density at radius 3 is 2.81 bits per heavy atom. The first-order chi connectivity index (χ1) is 10.2. The van der Waals surface area contributed by atoms with E-state index in [0.29, 0.717) is 23.5 Å². The van der Waals surface area contributed by atoms with Crippen molar-refractivity contribution in [2.45, 2.75) is 6.42 Å². The van der Waals surface area contributed by atoms with E-state index in [4.69, 9.17) is 17.3 Å². The van der Waals surface area contributed by atoms with Crippen molar-refractivity contribution in [1.29, 1.82) is 0 Å². The molecule has 0 fully saturated rings. The number of aromatic nitrogens is 2. The predicted octanol–water partition coefficient (Wildman–Crippen LogP) is 3.59. The maximum atomic E-state index is 13.6. The third kappa shape index (κ3) is 2.60. The van der Waals surface area contributed by atoms with Gasteiger partial charge in [0.25, 0.3) is 0 Å². The lowest BCUT2D eigenvalue weighted by molar-refractivity contribution is 0.628. The second kappa shape index (κ2) is 5.76. The van der Waals surface area contributed by atoms with E-state index >= 15 is 0 Å².